The van der Waals surface area contributed by atoms with Crippen LogP contribution >= 0.6 is 22.9 Å². The number of hydrogen-bond acceptors (Lipinski definition) is 2. The lowest BCUT2D eigenvalue weighted by Crippen LogP contribution is -1.86. The van der Waals surface area contributed by atoms with Crippen molar-refractivity contribution < 1.29 is 4.74 Å². The van der Waals surface area contributed by atoms with Gasteiger partial charge in [0.15, 0.2) is 0 Å². The van der Waals surface area contributed by atoms with Crippen molar-refractivity contribution in [2.75, 3.05) is 6.07 Å². The largest absolute Gasteiger partial charge is 0.361 e. The van der Waals surface area contributed by atoms with Crippen LogP contribution in [0.15, 0.2) is 16.8 Å². The number of rotatable bonds is 3. The Balaban J connectivity index is 2.30. The first kappa shape index (κ1) is 7.06. The van der Waals surface area contributed by atoms with Crippen LogP contribution in [0.25, 0.3) is 0 Å². The fraction of sp³-hybridized carbons (Fsp3) is 0.333. The van der Waals surface area contributed by atoms with E-state index in [1.165, 1.54) is 5.56 Å². The fourth-order valence-corrected chi connectivity index (χ4v) is 1.26. The molecule has 0 fully saturated rings. The third kappa shape index (κ3) is 2.35. The van der Waals surface area contributed by atoms with E-state index in [1.807, 2.05) is 16.8 Å². The molecule has 0 spiro atoms. The van der Waals surface area contributed by atoms with Gasteiger partial charge in [-0.3, -0.25) is 0 Å². The van der Waals surface area contributed by atoms with E-state index in [1.54, 1.807) is 11.3 Å². The first-order valence-corrected chi connectivity index (χ1v) is 4.06. The third-order valence-corrected chi connectivity index (χ3v) is 1.81. The Hall–Kier alpha value is -0.0500. The van der Waals surface area contributed by atoms with Crippen LogP contribution in [0, 0.1) is 0 Å². The quantitative estimate of drug-likeness (QED) is 0.621. The normalized spacial score (nSPS) is 9.89. The Morgan fingerprint density at radius 2 is 2.56 bits per heavy atom. The van der Waals surface area contributed by atoms with Crippen molar-refractivity contribution in [3.63, 3.8) is 0 Å². The second-order valence-electron chi connectivity index (χ2n) is 1.59. The van der Waals surface area contributed by atoms with E-state index in [2.05, 4.69) is 0 Å². The summed E-state index contributed by atoms with van der Waals surface area (Å²) < 4.78 is 4.95. The second-order valence-corrected chi connectivity index (χ2v) is 2.59. The minimum absolute atomic E-state index is 0.274. The summed E-state index contributed by atoms with van der Waals surface area (Å²) in [6, 6.07) is 2.30. The van der Waals surface area contributed by atoms with Crippen molar-refractivity contribution in [3.05, 3.63) is 22.4 Å². The zero-order valence-corrected chi connectivity index (χ0v) is 6.41. The van der Waals surface area contributed by atoms with E-state index in [0.717, 1.165) is 0 Å². The van der Waals surface area contributed by atoms with Crippen molar-refractivity contribution in [3.8, 4) is 0 Å². The molecule has 0 aliphatic rings. The summed E-state index contributed by atoms with van der Waals surface area (Å²) in [5, 5.41) is 4.07. The molecule has 3 heteroatoms. The average molecular weight is 163 g/mol. The second kappa shape index (κ2) is 3.88. The Bertz CT molecular complexity index is 150. The van der Waals surface area contributed by atoms with Gasteiger partial charge in [-0.1, -0.05) is 11.6 Å². The molecule has 0 aliphatic carbocycles. The highest BCUT2D eigenvalue weighted by Gasteiger charge is 1.89. The van der Waals surface area contributed by atoms with Crippen molar-refractivity contribution in [1.82, 2.24) is 0 Å². The monoisotopic (exact) mass is 162 g/mol. The van der Waals surface area contributed by atoms with Crippen LogP contribution in [0.5, 0.6) is 0 Å². The van der Waals surface area contributed by atoms with Gasteiger partial charge in [-0.2, -0.15) is 11.3 Å². The van der Waals surface area contributed by atoms with Crippen LogP contribution in [0.1, 0.15) is 5.56 Å². The Labute approximate surface area is 63.2 Å². The van der Waals surface area contributed by atoms with Crippen LogP contribution in [0.4, 0.5) is 0 Å². The van der Waals surface area contributed by atoms with Crippen LogP contribution in [0.3, 0.4) is 0 Å². The molecule has 0 bridgehead atoms. The maximum atomic E-state index is 5.30. The van der Waals surface area contributed by atoms with Crippen LogP contribution < -0.4 is 0 Å². The number of thiophene rings is 1. The lowest BCUT2D eigenvalue weighted by atomic mass is 10.4. The third-order valence-electron chi connectivity index (χ3n) is 0.926. The zero-order chi connectivity index (χ0) is 6.53. The van der Waals surface area contributed by atoms with Gasteiger partial charge in [0.2, 0.25) is 0 Å². The Kier molecular flexibility index (Phi) is 3.04. The smallest absolute Gasteiger partial charge is 0.121 e. The summed E-state index contributed by atoms with van der Waals surface area (Å²) in [5.74, 6) is 0. The van der Waals surface area contributed by atoms with E-state index in [-0.39, 0.29) is 6.07 Å². The summed E-state index contributed by atoms with van der Waals surface area (Å²) in [6.07, 6.45) is 0. The van der Waals surface area contributed by atoms with Gasteiger partial charge < -0.3 is 4.74 Å². The first-order valence-electron chi connectivity index (χ1n) is 2.58. The summed E-state index contributed by atoms with van der Waals surface area (Å²) in [6.45, 7) is 0.632. The molecule has 50 valence electrons. The molecule has 1 aromatic heterocycles. The standard InChI is InChI=1S/C6H7ClOS/c7-5-8-3-6-1-2-9-4-6/h1-2,4H,3,5H2. The SMILES string of the molecule is ClCOCc1ccsc1. The summed E-state index contributed by atoms with van der Waals surface area (Å²) in [4.78, 5) is 0. The van der Waals surface area contributed by atoms with Crippen molar-refractivity contribution in [1.29, 1.82) is 0 Å². The van der Waals surface area contributed by atoms with E-state index in [9.17, 15) is 0 Å². The molecule has 0 saturated carbocycles. The maximum absolute atomic E-state index is 5.30. The fourth-order valence-electron chi connectivity index (χ4n) is 0.531. The van der Waals surface area contributed by atoms with Gasteiger partial charge in [-0.25, -0.2) is 0 Å². The van der Waals surface area contributed by atoms with Crippen molar-refractivity contribution in [2.24, 2.45) is 0 Å². The molecule has 1 rings (SSSR count). The minimum Gasteiger partial charge on any atom is -0.361 e. The predicted octanol–water partition coefficient (Wildman–Crippen LogP) is 2.46. The molecule has 1 aromatic rings. The summed E-state index contributed by atoms with van der Waals surface area (Å²) >= 11 is 6.97. The zero-order valence-electron chi connectivity index (χ0n) is 4.84. The maximum Gasteiger partial charge on any atom is 0.121 e. The predicted molar refractivity (Wildman–Crippen MR) is 39.8 cm³/mol. The van der Waals surface area contributed by atoms with Crippen LogP contribution in [0.2, 0.25) is 0 Å². The molecule has 0 N–H and O–H groups in total. The Morgan fingerprint density at radius 1 is 1.67 bits per heavy atom. The minimum atomic E-state index is 0.274. The molecule has 0 radical (unpaired) electrons. The molecular weight excluding hydrogens is 156 g/mol. The molecular formula is C6H7ClOS. The molecule has 0 unspecified atom stereocenters. The summed E-state index contributed by atoms with van der Waals surface area (Å²) in [5.41, 5.74) is 1.20. The highest BCUT2D eigenvalue weighted by Crippen LogP contribution is 2.06. The first-order chi connectivity index (χ1) is 4.43. The molecule has 0 amide bonds. The molecule has 0 aromatic carbocycles. The number of halogens is 1. The van der Waals surface area contributed by atoms with Gasteiger partial charge in [0, 0.05) is 0 Å². The lowest BCUT2D eigenvalue weighted by Gasteiger charge is -1.93. The highest BCUT2D eigenvalue weighted by atomic mass is 35.5. The number of ether oxygens (including phenoxy) is 1. The van der Waals surface area contributed by atoms with Gasteiger partial charge in [-0.15, -0.1) is 0 Å². The van der Waals surface area contributed by atoms with Crippen LogP contribution in [-0.4, -0.2) is 6.07 Å². The number of alkyl halides is 1. The summed E-state index contributed by atoms with van der Waals surface area (Å²) in [7, 11) is 0. The van der Waals surface area contributed by atoms with E-state index in [0.29, 0.717) is 6.61 Å². The topological polar surface area (TPSA) is 9.23 Å². The number of hydrogen-bond donors (Lipinski definition) is 0. The molecule has 1 nitrogen and oxygen atoms in total. The average Bonchev–Trinajstić information content (AvgIpc) is 2.34. The van der Waals surface area contributed by atoms with Gasteiger partial charge >= 0.3 is 0 Å². The van der Waals surface area contributed by atoms with Gasteiger partial charge in [0.05, 0.1) is 6.61 Å². The van der Waals surface area contributed by atoms with Gasteiger partial charge in [-0.05, 0) is 22.4 Å². The van der Waals surface area contributed by atoms with E-state index < -0.39 is 0 Å². The van der Waals surface area contributed by atoms with E-state index >= 15 is 0 Å². The molecule has 0 atom stereocenters. The lowest BCUT2D eigenvalue weighted by molar-refractivity contribution is 0.166. The van der Waals surface area contributed by atoms with E-state index in [4.69, 9.17) is 16.3 Å². The molecule has 0 aliphatic heterocycles. The van der Waals surface area contributed by atoms with Crippen molar-refractivity contribution >= 4 is 22.9 Å². The molecule has 0 saturated heterocycles. The molecule has 9 heavy (non-hydrogen) atoms. The molecule has 1 heterocycles. The Morgan fingerprint density at radius 3 is 3.11 bits per heavy atom. The van der Waals surface area contributed by atoms with Gasteiger partial charge in [0.25, 0.3) is 0 Å². The van der Waals surface area contributed by atoms with Crippen molar-refractivity contribution in [2.45, 2.75) is 6.61 Å². The highest BCUT2D eigenvalue weighted by molar-refractivity contribution is 7.07. The van der Waals surface area contributed by atoms with Gasteiger partial charge in [0.1, 0.15) is 6.07 Å². The van der Waals surface area contributed by atoms with Crippen LogP contribution in [-0.2, 0) is 11.3 Å².